The number of nitriles is 1. The number of ether oxygens (including phenoxy) is 3. The summed E-state index contributed by atoms with van der Waals surface area (Å²) in [6, 6.07) is 10.5. The number of carbonyl (C=O) groups excluding carboxylic acids is 2. The van der Waals surface area contributed by atoms with E-state index in [1.165, 1.54) is 18.4 Å². The fourth-order valence-electron chi connectivity index (χ4n) is 4.11. The molecule has 0 saturated heterocycles. The summed E-state index contributed by atoms with van der Waals surface area (Å²) in [5.74, 6) is -0.206. The van der Waals surface area contributed by atoms with E-state index < -0.39 is 11.9 Å². The van der Waals surface area contributed by atoms with E-state index in [9.17, 15) is 14.9 Å². The highest BCUT2D eigenvalue weighted by molar-refractivity contribution is 7.12. The van der Waals surface area contributed by atoms with Crippen LogP contribution in [0.3, 0.4) is 0 Å². The third kappa shape index (κ3) is 3.87. The Kier molecular flexibility index (Phi) is 5.53. The van der Waals surface area contributed by atoms with Crippen LogP contribution < -0.4 is 15.2 Å². The number of esters is 1. The third-order valence-corrected chi connectivity index (χ3v) is 6.37. The van der Waals surface area contributed by atoms with Crippen molar-refractivity contribution in [2.75, 3.05) is 7.11 Å². The van der Waals surface area contributed by atoms with Crippen molar-refractivity contribution in [3.8, 4) is 17.6 Å². The van der Waals surface area contributed by atoms with Crippen LogP contribution in [0.5, 0.6) is 11.5 Å². The molecule has 1 atom stereocenters. The average Bonchev–Trinajstić information content (AvgIpc) is 3.27. The SMILES string of the molecule is COc1cc([C@H]2C(C#N)=C(N)OC3=C2C(=O)CC(C)(C)C3)ccc1OC(=O)c1cccs1. The molecule has 0 saturated carbocycles. The minimum absolute atomic E-state index is 0.00563. The van der Waals surface area contributed by atoms with Gasteiger partial charge in [0.05, 0.1) is 13.0 Å². The summed E-state index contributed by atoms with van der Waals surface area (Å²) in [4.78, 5) is 25.9. The van der Waals surface area contributed by atoms with Crippen molar-refractivity contribution in [3.63, 3.8) is 0 Å². The molecule has 164 valence electrons. The maximum absolute atomic E-state index is 13.1. The molecule has 0 radical (unpaired) electrons. The fraction of sp³-hybridized carbons (Fsp3) is 0.292. The van der Waals surface area contributed by atoms with Gasteiger partial charge in [-0.1, -0.05) is 26.0 Å². The lowest BCUT2D eigenvalue weighted by Gasteiger charge is -2.37. The Morgan fingerprint density at radius 2 is 2.06 bits per heavy atom. The van der Waals surface area contributed by atoms with Crippen molar-refractivity contribution in [2.45, 2.75) is 32.6 Å². The summed E-state index contributed by atoms with van der Waals surface area (Å²) in [5, 5.41) is 11.6. The van der Waals surface area contributed by atoms with Gasteiger partial charge in [-0.05, 0) is 34.6 Å². The van der Waals surface area contributed by atoms with Crippen LogP contribution >= 0.6 is 11.3 Å². The molecule has 2 aromatic rings. The van der Waals surface area contributed by atoms with E-state index in [-0.39, 0.29) is 28.4 Å². The molecule has 1 aliphatic heterocycles. The second kappa shape index (κ2) is 8.17. The van der Waals surface area contributed by atoms with Crippen LogP contribution in [-0.2, 0) is 9.53 Å². The van der Waals surface area contributed by atoms with Gasteiger partial charge in [0.2, 0.25) is 5.88 Å². The van der Waals surface area contributed by atoms with Crippen LogP contribution in [0.2, 0.25) is 0 Å². The highest BCUT2D eigenvalue weighted by Gasteiger charge is 2.43. The zero-order chi connectivity index (χ0) is 23.0. The molecule has 7 nitrogen and oxygen atoms in total. The highest BCUT2D eigenvalue weighted by Crippen LogP contribution is 2.48. The Bertz CT molecular complexity index is 1200. The Balaban J connectivity index is 1.76. The molecule has 4 rings (SSSR count). The molecular formula is C24H22N2O5S. The van der Waals surface area contributed by atoms with Gasteiger partial charge in [-0.2, -0.15) is 5.26 Å². The van der Waals surface area contributed by atoms with E-state index in [1.54, 1.807) is 35.7 Å². The quantitative estimate of drug-likeness (QED) is 0.542. The second-order valence-electron chi connectivity index (χ2n) is 8.48. The molecule has 2 heterocycles. The molecule has 8 heteroatoms. The largest absolute Gasteiger partial charge is 0.493 e. The number of thiophene rings is 1. The van der Waals surface area contributed by atoms with Gasteiger partial charge >= 0.3 is 5.97 Å². The summed E-state index contributed by atoms with van der Waals surface area (Å²) in [6.07, 6.45) is 0.885. The van der Waals surface area contributed by atoms with E-state index in [4.69, 9.17) is 19.9 Å². The zero-order valence-electron chi connectivity index (χ0n) is 17.9. The lowest BCUT2D eigenvalue weighted by Crippen LogP contribution is -2.33. The summed E-state index contributed by atoms with van der Waals surface area (Å²) in [5.41, 5.74) is 7.05. The fourth-order valence-corrected chi connectivity index (χ4v) is 4.71. The number of rotatable bonds is 4. The van der Waals surface area contributed by atoms with Gasteiger partial charge < -0.3 is 19.9 Å². The Morgan fingerprint density at radius 3 is 2.72 bits per heavy atom. The topological polar surface area (TPSA) is 112 Å². The van der Waals surface area contributed by atoms with Gasteiger partial charge in [0, 0.05) is 18.4 Å². The predicted molar refractivity (Wildman–Crippen MR) is 118 cm³/mol. The zero-order valence-corrected chi connectivity index (χ0v) is 18.7. The van der Waals surface area contributed by atoms with Crippen molar-refractivity contribution >= 4 is 23.1 Å². The lowest BCUT2D eigenvalue weighted by atomic mass is 9.70. The van der Waals surface area contributed by atoms with Crippen LogP contribution in [0.4, 0.5) is 0 Å². The Labute approximate surface area is 189 Å². The predicted octanol–water partition coefficient (Wildman–Crippen LogP) is 4.43. The van der Waals surface area contributed by atoms with Crippen molar-refractivity contribution in [1.82, 2.24) is 0 Å². The van der Waals surface area contributed by atoms with E-state index in [0.29, 0.717) is 40.4 Å². The highest BCUT2D eigenvalue weighted by atomic mass is 32.1. The van der Waals surface area contributed by atoms with Gasteiger partial charge in [-0.15, -0.1) is 11.3 Å². The number of allylic oxidation sites excluding steroid dienone is 3. The van der Waals surface area contributed by atoms with Crippen LogP contribution in [0.25, 0.3) is 0 Å². The van der Waals surface area contributed by atoms with Gasteiger partial charge in [0.25, 0.3) is 0 Å². The molecule has 0 fully saturated rings. The molecule has 0 unspecified atom stereocenters. The minimum atomic E-state index is -0.678. The van der Waals surface area contributed by atoms with Crippen LogP contribution in [-0.4, -0.2) is 18.9 Å². The van der Waals surface area contributed by atoms with Gasteiger partial charge in [0.15, 0.2) is 17.3 Å². The van der Waals surface area contributed by atoms with E-state index >= 15 is 0 Å². The number of carbonyl (C=O) groups is 2. The second-order valence-corrected chi connectivity index (χ2v) is 9.43. The summed E-state index contributed by atoms with van der Waals surface area (Å²) in [7, 11) is 1.46. The number of hydrogen-bond acceptors (Lipinski definition) is 8. The van der Waals surface area contributed by atoms with Gasteiger partial charge in [0.1, 0.15) is 22.3 Å². The van der Waals surface area contributed by atoms with Gasteiger partial charge in [-0.25, -0.2) is 4.79 Å². The van der Waals surface area contributed by atoms with Crippen molar-refractivity contribution in [3.05, 3.63) is 68.9 Å². The summed E-state index contributed by atoms with van der Waals surface area (Å²) in [6.45, 7) is 3.99. The van der Waals surface area contributed by atoms with Crippen LogP contribution in [0, 0.1) is 16.7 Å². The number of hydrogen-bond donors (Lipinski definition) is 1. The normalized spacial score (nSPS) is 19.7. The lowest BCUT2D eigenvalue weighted by molar-refractivity contribution is -0.119. The smallest absolute Gasteiger partial charge is 0.353 e. The third-order valence-electron chi connectivity index (χ3n) is 5.52. The molecule has 1 aromatic heterocycles. The van der Waals surface area contributed by atoms with Crippen molar-refractivity contribution in [1.29, 1.82) is 5.26 Å². The summed E-state index contributed by atoms with van der Waals surface area (Å²) >= 11 is 1.28. The number of ketones is 1. The van der Waals surface area contributed by atoms with Crippen molar-refractivity contribution in [2.24, 2.45) is 11.1 Å². The Morgan fingerprint density at radius 1 is 1.28 bits per heavy atom. The first-order chi connectivity index (χ1) is 15.2. The molecular weight excluding hydrogens is 428 g/mol. The van der Waals surface area contributed by atoms with Crippen LogP contribution in [0.1, 0.15) is 47.8 Å². The molecule has 2 N–H and O–H groups in total. The number of methoxy groups -OCH3 is 1. The molecule has 0 bridgehead atoms. The monoisotopic (exact) mass is 450 g/mol. The number of Topliss-reactive ketones (excluding diaryl/α,β-unsaturated/α-hetero) is 1. The van der Waals surface area contributed by atoms with E-state index in [0.717, 1.165) is 0 Å². The number of benzene rings is 1. The minimum Gasteiger partial charge on any atom is -0.493 e. The van der Waals surface area contributed by atoms with E-state index in [2.05, 4.69) is 6.07 Å². The first-order valence-corrected chi connectivity index (χ1v) is 10.9. The molecule has 0 amide bonds. The number of nitrogens with two attached hydrogens (primary N) is 1. The molecule has 2 aliphatic rings. The number of nitrogens with zero attached hydrogens (tertiary/aromatic N) is 1. The van der Waals surface area contributed by atoms with E-state index in [1.807, 2.05) is 13.8 Å². The molecule has 1 aromatic carbocycles. The first kappa shape index (κ1) is 21.7. The molecule has 1 aliphatic carbocycles. The molecule has 32 heavy (non-hydrogen) atoms. The molecule has 0 spiro atoms. The standard InChI is InChI=1S/C24H22N2O5S/c1-24(2)10-15(27)21-18(11-24)30-22(26)14(12-25)20(21)13-6-7-16(17(9-13)29-3)31-23(28)19-5-4-8-32-19/h4-9,20H,10-11,26H2,1-3H3/t20-/m0/s1. The van der Waals surface area contributed by atoms with Crippen molar-refractivity contribution < 1.29 is 23.8 Å². The van der Waals surface area contributed by atoms with Gasteiger partial charge in [-0.3, -0.25) is 4.79 Å². The maximum atomic E-state index is 13.1. The maximum Gasteiger partial charge on any atom is 0.353 e. The Hall–Kier alpha value is -3.57. The summed E-state index contributed by atoms with van der Waals surface area (Å²) < 4.78 is 16.7. The first-order valence-electron chi connectivity index (χ1n) is 10.0. The van der Waals surface area contributed by atoms with Crippen LogP contribution in [0.15, 0.2) is 58.5 Å². The average molecular weight is 451 g/mol.